The van der Waals surface area contributed by atoms with Crippen molar-refractivity contribution in [3.8, 4) is 5.75 Å². The number of amides is 1. The van der Waals surface area contributed by atoms with Gasteiger partial charge < -0.3 is 15.0 Å². The van der Waals surface area contributed by atoms with Crippen molar-refractivity contribution in [2.45, 2.75) is 50.6 Å². The average molecular weight is 394 g/mol. The summed E-state index contributed by atoms with van der Waals surface area (Å²) in [6, 6.07) is 11.5. The second kappa shape index (κ2) is 6.84. The summed E-state index contributed by atoms with van der Waals surface area (Å²) in [6.45, 7) is 3.57. The molecule has 3 aliphatic rings. The summed E-state index contributed by atoms with van der Waals surface area (Å²) in [5.74, 6) is 1.20. The molecule has 2 fully saturated rings. The Kier molecular flexibility index (Phi) is 4.39. The monoisotopic (exact) mass is 394 g/mol. The van der Waals surface area contributed by atoms with E-state index in [1.165, 1.54) is 0 Å². The molecule has 0 bridgehead atoms. The van der Waals surface area contributed by atoms with Gasteiger partial charge in [0.05, 0.1) is 24.8 Å². The summed E-state index contributed by atoms with van der Waals surface area (Å²) in [5.41, 5.74) is 2.83. The Balaban J connectivity index is 1.49. The lowest BCUT2D eigenvalue weighted by Gasteiger charge is -2.29. The Morgan fingerprint density at radius 2 is 1.97 bits per heavy atom. The number of carbonyl (C=O) groups excluding carboxylic acids is 1. The van der Waals surface area contributed by atoms with Crippen molar-refractivity contribution in [1.82, 2.24) is 5.32 Å². The van der Waals surface area contributed by atoms with E-state index in [1.807, 2.05) is 24.3 Å². The van der Waals surface area contributed by atoms with Crippen LogP contribution in [0.5, 0.6) is 5.75 Å². The number of rotatable bonds is 4. The van der Waals surface area contributed by atoms with E-state index in [9.17, 15) is 4.79 Å². The highest BCUT2D eigenvalue weighted by atomic mass is 19.1. The zero-order valence-electron chi connectivity index (χ0n) is 17.0. The molecule has 1 spiro atoms. The summed E-state index contributed by atoms with van der Waals surface area (Å²) in [7, 11) is 1.63. The molecule has 0 aromatic heterocycles. The molecule has 2 aromatic carbocycles. The minimum absolute atomic E-state index is 0.0459. The number of fused-ring (bicyclic) bond motifs is 2. The largest absolute Gasteiger partial charge is 0.497 e. The highest BCUT2D eigenvalue weighted by Gasteiger charge is 2.60. The van der Waals surface area contributed by atoms with Gasteiger partial charge in [-0.25, -0.2) is 4.39 Å². The minimum Gasteiger partial charge on any atom is -0.497 e. The number of hydrogen-bond acceptors (Lipinski definition) is 3. The molecule has 5 rings (SSSR count). The molecule has 0 radical (unpaired) electrons. The lowest BCUT2D eigenvalue weighted by Crippen LogP contribution is -2.32. The van der Waals surface area contributed by atoms with Gasteiger partial charge in [0, 0.05) is 6.04 Å². The first-order chi connectivity index (χ1) is 14.0. The summed E-state index contributed by atoms with van der Waals surface area (Å²) in [5, 5.41) is 3.55. The molecule has 2 aromatic rings. The Bertz CT molecular complexity index is 944. The summed E-state index contributed by atoms with van der Waals surface area (Å²) >= 11 is 0. The van der Waals surface area contributed by atoms with E-state index >= 15 is 4.39 Å². The van der Waals surface area contributed by atoms with Gasteiger partial charge >= 0.3 is 0 Å². The van der Waals surface area contributed by atoms with E-state index in [4.69, 9.17) is 4.74 Å². The molecule has 4 nitrogen and oxygen atoms in total. The van der Waals surface area contributed by atoms with Gasteiger partial charge in [-0.05, 0) is 73.0 Å². The Morgan fingerprint density at radius 3 is 2.59 bits per heavy atom. The van der Waals surface area contributed by atoms with Crippen LogP contribution in [0.4, 0.5) is 10.1 Å². The fourth-order valence-electron chi connectivity index (χ4n) is 4.89. The van der Waals surface area contributed by atoms with Crippen LogP contribution in [-0.2, 0) is 16.8 Å². The normalized spacial score (nSPS) is 24.7. The van der Waals surface area contributed by atoms with Crippen molar-refractivity contribution >= 4 is 11.6 Å². The predicted molar refractivity (Wildman–Crippen MR) is 111 cm³/mol. The molecular formula is C24H27FN2O2. The minimum atomic E-state index is -0.499. The number of hydrogen-bond donors (Lipinski definition) is 1. The van der Waals surface area contributed by atoms with Crippen LogP contribution in [0.3, 0.4) is 0 Å². The van der Waals surface area contributed by atoms with Crippen LogP contribution in [0, 0.1) is 11.7 Å². The van der Waals surface area contributed by atoms with Crippen LogP contribution in [0.2, 0.25) is 0 Å². The molecule has 1 amide bonds. The van der Waals surface area contributed by atoms with E-state index in [1.54, 1.807) is 18.1 Å². The van der Waals surface area contributed by atoms with Gasteiger partial charge in [0.15, 0.2) is 0 Å². The molecule has 2 unspecified atom stereocenters. The smallest absolute Gasteiger partial charge is 0.238 e. The van der Waals surface area contributed by atoms with Gasteiger partial charge in [-0.2, -0.15) is 0 Å². The summed E-state index contributed by atoms with van der Waals surface area (Å²) in [6.07, 6.45) is 3.78. The van der Waals surface area contributed by atoms with Crippen LogP contribution in [-0.4, -0.2) is 19.6 Å². The van der Waals surface area contributed by atoms with Gasteiger partial charge in [0.1, 0.15) is 11.6 Å². The fourth-order valence-corrected chi connectivity index (χ4v) is 4.89. The maximum absolute atomic E-state index is 15.4. The molecule has 2 aliphatic heterocycles. The molecule has 1 saturated carbocycles. The number of nitrogens with one attached hydrogen (secondary N) is 1. The van der Waals surface area contributed by atoms with E-state index in [-0.39, 0.29) is 17.8 Å². The van der Waals surface area contributed by atoms with Crippen molar-refractivity contribution in [3.63, 3.8) is 0 Å². The van der Waals surface area contributed by atoms with Crippen LogP contribution in [0.25, 0.3) is 0 Å². The lowest BCUT2D eigenvalue weighted by molar-refractivity contribution is -0.120. The second-order valence-corrected chi connectivity index (χ2v) is 8.86. The van der Waals surface area contributed by atoms with Crippen LogP contribution >= 0.6 is 0 Å². The van der Waals surface area contributed by atoms with Gasteiger partial charge in [-0.15, -0.1) is 0 Å². The molecule has 152 valence electrons. The van der Waals surface area contributed by atoms with Crippen LogP contribution in [0.1, 0.15) is 55.3 Å². The maximum Gasteiger partial charge on any atom is 0.238 e. The quantitative estimate of drug-likeness (QED) is 0.832. The topological polar surface area (TPSA) is 41.6 Å². The maximum atomic E-state index is 15.4. The van der Waals surface area contributed by atoms with Gasteiger partial charge in [-0.3, -0.25) is 4.79 Å². The number of anilines is 1. The third-order valence-corrected chi connectivity index (χ3v) is 6.84. The van der Waals surface area contributed by atoms with Crippen molar-refractivity contribution < 1.29 is 13.9 Å². The number of benzene rings is 2. The van der Waals surface area contributed by atoms with E-state index < -0.39 is 5.41 Å². The predicted octanol–water partition coefficient (Wildman–Crippen LogP) is 4.47. The van der Waals surface area contributed by atoms with Crippen LogP contribution < -0.4 is 15.0 Å². The highest BCUT2D eigenvalue weighted by Crippen LogP contribution is 2.58. The Labute approximate surface area is 171 Å². The number of halogens is 1. The number of carbonyl (C=O) groups is 1. The van der Waals surface area contributed by atoms with Crippen molar-refractivity contribution in [2.24, 2.45) is 5.92 Å². The third kappa shape index (κ3) is 3.03. The van der Waals surface area contributed by atoms with E-state index in [0.29, 0.717) is 18.2 Å². The molecule has 1 aliphatic carbocycles. The molecular weight excluding hydrogens is 367 g/mol. The second-order valence-electron chi connectivity index (χ2n) is 8.86. The number of ether oxygens (including phenoxy) is 1. The molecule has 1 saturated heterocycles. The molecule has 2 heterocycles. The Hall–Kier alpha value is -2.40. The van der Waals surface area contributed by atoms with Crippen LogP contribution in [0.15, 0.2) is 36.4 Å². The average Bonchev–Trinajstić information content (AvgIpc) is 3.50. The highest BCUT2D eigenvalue weighted by molar-refractivity contribution is 6.10. The first kappa shape index (κ1) is 18.6. The van der Waals surface area contributed by atoms with E-state index in [2.05, 4.69) is 18.3 Å². The number of methoxy groups -OCH3 is 1. The molecule has 29 heavy (non-hydrogen) atoms. The van der Waals surface area contributed by atoms with Crippen molar-refractivity contribution in [1.29, 1.82) is 0 Å². The summed E-state index contributed by atoms with van der Waals surface area (Å²) in [4.78, 5) is 14.9. The van der Waals surface area contributed by atoms with Gasteiger partial charge in [0.2, 0.25) is 5.91 Å². The molecule has 5 heteroatoms. The first-order valence-electron chi connectivity index (χ1n) is 10.5. The first-order valence-corrected chi connectivity index (χ1v) is 10.5. The number of nitrogens with zero attached hydrogens (tertiary/aromatic N) is 1. The zero-order chi connectivity index (χ0) is 20.2. The molecule has 1 N–H and O–H groups in total. The number of piperidine rings is 1. The van der Waals surface area contributed by atoms with Crippen molar-refractivity contribution in [2.75, 3.05) is 18.6 Å². The van der Waals surface area contributed by atoms with E-state index in [0.717, 1.165) is 54.7 Å². The Morgan fingerprint density at radius 1 is 1.21 bits per heavy atom. The zero-order valence-corrected chi connectivity index (χ0v) is 17.0. The van der Waals surface area contributed by atoms with Gasteiger partial charge in [-0.1, -0.05) is 25.1 Å². The molecule has 2 atom stereocenters. The fraction of sp³-hybridized carbons (Fsp3) is 0.458. The lowest BCUT2D eigenvalue weighted by atomic mass is 9.89. The standard InChI is InChI=1S/C24H27FN2O2/c1-15-3-8-21(26-13-15)17-11-19-22(20(25)12-17)27(23(28)24(19)9-10-24)14-16-4-6-18(29-2)7-5-16/h4-7,11-12,15,21,26H,3,8-10,13-14H2,1-2H3. The SMILES string of the molecule is COc1ccc(CN2C(=O)C3(CC3)c3cc(C4CCC(C)CN4)cc(F)c32)cc1. The van der Waals surface area contributed by atoms with Gasteiger partial charge in [0.25, 0.3) is 0 Å². The van der Waals surface area contributed by atoms with Crippen molar-refractivity contribution in [3.05, 3.63) is 58.9 Å². The summed E-state index contributed by atoms with van der Waals surface area (Å²) < 4.78 is 20.6. The third-order valence-electron chi connectivity index (χ3n) is 6.84.